The highest BCUT2D eigenvalue weighted by Crippen LogP contribution is 2.24. The number of hydrogen-bond acceptors (Lipinski definition) is 11. The lowest BCUT2D eigenvalue weighted by molar-refractivity contribution is -0.302. The topological polar surface area (TPSA) is 221 Å². The minimum atomic E-state index is -1.67. The summed E-state index contributed by atoms with van der Waals surface area (Å²) >= 11 is 0. The SMILES string of the molecule is CC(=O)N[C@H]1[C@H](O)[C@H](O)[C@@H](O[C@H]([C@H](N)[C@H](O)CO)[C@H](O)CN)O[C@H]1CO. The Hall–Kier alpha value is -0.930. The molecule has 26 heavy (non-hydrogen) atoms. The summed E-state index contributed by atoms with van der Waals surface area (Å²) in [5, 5.41) is 60.9. The molecule has 154 valence electrons. The standard InChI is InChI=1S/C14H29N3O9/c1-5(20)17-10-8(4-19)25-14(12(24)11(10)23)26-13(6(21)2-15)9(16)7(22)3-18/h6-14,18-19,21-24H,2-4,15-16H2,1H3,(H,17,20)/t6-,7-,8+,9-,10-,11+,12+,13+,14-/m1/s1. The maximum absolute atomic E-state index is 11.2. The minimum absolute atomic E-state index is 0.306. The highest BCUT2D eigenvalue weighted by molar-refractivity contribution is 5.73. The lowest BCUT2D eigenvalue weighted by atomic mass is 9.95. The van der Waals surface area contributed by atoms with Crippen molar-refractivity contribution < 1.29 is 44.9 Å². The van der Waals surface area contributed by atoms with Crippen LogP contribution in [-0.4, -0.2) is 111 Å². The summed E-state index contributed by atoms with van der Waals surface area (Å²) < 4.78 is 10.8. The van der Waals surface area contributed by atoms with Gasteiger partial charge in [0.2, 0.25) is 5.91 Å². The van der Waals surface area contributed by atoms with Crippen molar-refractivity contribution in [2.24, 2.45) is 11.5 Å². The van der Waals surface area contributed by atoms with Crippen molar-refractivity contribution in [2.45, 2.75) is 61.9 Å². The third-order valence-electron chi connectivity index (χ3n) is 4.18. The Morgan fingerprint density at radius 3 is 2.31 bits per heavy atom. The van der Waals surface area contributed by atoms with E-state index in [2.05, 4.69) is 5.32 Å². The van der Waals surface area contributed by atoms with E-state index >= 15 is 0 Å². The highest BCUT2D eigenvalue weighted by atomic mass is 16.7. The van der Waals surface area contributed by atoms with Crippen molar-refractivity contribution in [1.29, 1.82) is 0 Å². The zero-order valence-corrected chi connectivity index (χ0v) is 14.4. The van der Waals surface area contributed by atoms with Gasteiger partial charge in [-0.1, -0.05) is 0 Å². The van der Waals surface area contributed by atoms with E-state index in [4.69, 9.17) is 26.0 Å². The minimum Gasteiger partial charge on any atom is -0.394 e. The summed E-state index contributed by atoms with van der Waals surface area (Å²) in [4.78, 5) is 11.2. The van der Waals surface area contributed by atoms with Gasteiger partial charge in [-0.2, -0.15) is 0 Å². The Morgan fingerprint density at radius 1 is 1.23 bits per heavy atom. The van der Waals surface area contributed by atoms with E-state index in [9.17, 15) is 30.3 Å². The molecule has 1 heterocycles. The van der Waals surface area contributed by atoms with Crippen LogP contribution in [0.2, 0.25) is 0 Å². The molecule has 1 fully saturated rings. The number of aliphatic hydroxyl groups excluding tert-OH is 6. The summed E-state index contributed by atoms with van der Waals surface area (Å²) in [6.07, 6.45) is -10.1. The molecule has 0 aromatic rings. The molecule has 11 N–H and O–H groups in total. The molecule has 12 heteroatoms. The molecule has 0 aliphatic carbocycles. The molecule has 0 radical (unpaired) electrons. The van der Waals surface area contributed by atoms with E-state index in [1.54, 1.807) is 0 Å². The van der Waals surface area contributed by atoms with Gasteiger partial charge in [0.1, 0.15) is 24.4 Å². The number of carbonyl (C=O) groups excluding carboxylic acids is 1. The van der Waals surface area contributed by atoms with Crippen LogP contribution in [0.25, 0.3) is 0 Å². The Bertz CT molecular complexity index is 442. The Morgan fingerprint density at radius 2 is 1.85 bits per heavy atom. The fourth-order valence-electron chi connectivity index (χ4n) is 2.68. The van der Waals surface area contributed by atoms with Crippen molar-refractivity contribution >= 4 is 5.91 Å². The maximum Gasteiger partial charge on any atom is 0.217 e. The van der Waals surface area contributed by atoms with Gasteiger partial charge in [-0.25, -0.2) is 0 Å². The molecule has 12 nitrogen and oxygen atoms in total. The summed E-state index contributed by atoms with van der Waals surface area (Å²) in [6, 6.07) is -2.38. The molecule has 0 aromatic carbocycles. The molecular weight excluding hydrogens is 354 g/mol. The molecule has 1 aliphatic heterocycles. The summed E-state index contributed by atoms with van der Waals surface area (Å²) in [5.74, 6) is -0.507. The average Bonchev–Trinajstić information content (AvgIpc) is 2.62. The van der Waals surface area contributed by atoms with E-state index in [1.165, 1.54) is 6.92 Å². The first kappa shape index (κ1) is 23.1. The number of ether oxygens (including phenoxy) is 2. The molecule has 1 saturated heterocycles. The monoisotopic (exact) mass is 383 g/mol. The summed E-state index contributed by atoms with van der Waals surface area (Å²) in [5.41, 5.74) is 11.1. The second-order valence-electron chi connectivity index (χ2n) is 6.16. The van der Waals surface area contributed by atoms with Crippen molar-refractivity contribution in [2.75, 3.05) is 19.8 Å². The van der Waals surface area contributed by atoms with Crippen LogP contribution in [0.15, 0.2) is 0 Å². The number of hydrogen-bond donors (Lipinski definition) is 9. The van der Waals surface area contributed by atoms with Crippen LogP contribution >= 0.6 is 0 Å². The molecule has 0 bridgehead atoms. The van der Waals surface area contributed by atoms with Gasteiger partial charge in [-0.3, -0.25) is 4.79 Å². The second kappa shape index (κ2) is 10.4. The van der Waals surface area contributed by atoms with Crippen molar-refractivity contribution in [3.63, 3.8) is 0 Å². The first-order valence-electron chi connectivity index (χ1n) is 8.15. The first-order valence-corrected chi connectivity index (χ1v) is 8.15. The molecule has 0 aromatic heterocycles. The summed E-state index contributed by atoms with van der Waals surface area (Å²) in [6.45, 7) is -0.429. The maximum atomic E-state index is 11.2. The predicted octanol–water partition coefficient (Wildman–Crippen LogP) is -5.68. The van der Waals surface area contributed by atoms with Crippen LogP contribution in [-0.2, 0) is 14.3 Å². The van der Waals surface area contributed by atoms with Crippen LogP contribution in [0, 0.1) is 0 Å². The first-order chi connectivity index (χ1) is 12.2. The van der Waals surface area contributed by atoms with Gasteiger partial charge in [-0.05, 0) is 0 Å². The molecule has 0 unspecified atom stereocenters. The van der Waals surface area contributed by atoms with E-state index < -0.39 is 74.1 Å². The number of amides is 1. The fourth-order valence-corrected chi connectivity index (χ4v) is 2.68. The molecular formula is C14H29N3O9. The molecule has 0 spiro atoms. The number of rotatable bonds is 9. The van der Waals surface area contributed by atoms with Gasteiger partial charge in [-0.15, -0.1) is 0 Å². The zero-order valence-electron chi connectivity index (χ0n) is 14.4. The third-order valence-corrected chi connectivity index (χ3v) is 4.18. The molecule has 1 aliphatic rings. The Kier molecular flexibility index (Phi) is 9.26. The van der Waals surface area contributed by atoms with Gasteiger partial charge < -0.3 is 56.9 Å². The largest absolute Gasteiger partial charge is 0.394 e. The van der Waals surface area contributed by atoms with Gasteiger partial charge >= 0.3 is 0 Å². The highest BCUT2D eigenvalue weighted by Gasteiger charge is 2.47. The van der Waals surface area contributed by atoms with Crippen LogP contribution in [0.5, 0.6) is 0 Å². The normalized spacial score (nSPS) is 34.0. The smallest absolute Gasteiger partial charge is 0.217 e. The van der Waals surface area contributed by atoms with E-state index in [-0.39, 0.29) is 6.54 Å². The van der Waals surface area contributed by atoms with Crippen molar-refractivity contribution in [3.05, 3.63) is 0 Å². The van der Waals surface area contributed by atoms with Gasteiger partial charge in [0.25, 0.3) is 0 Å². The van der Waals surface area contributed by atoms with E-state index in [0.717, 1.165) is 0 Å². The lowest BCUT2D eigenvalue weighted by Gasteiger charge is -2.44. The van der Waals surface area contributed by atoms with Crippen LogP contribution in [0.4, 0.5) is 0 Å². The number of aliphatic hydroxyl groups is 6. The van der Waals surface area contributed by atoms with Crippen LogP contribution in [0.1, 0.15) is 6.92 Å². The number of nitrogens with two attached hydrogens (primary N) is 2. The van der Waals surface area contributed by atoms with E-state index in [0.29, 0.717) is 0 Å². The predicted molar refractivity (Wildman–Crippen MR) is 86.4 cm³/mol. The van der Waals surface area contributed by atoms with Gasteiger partial charge in [0.05, 0.1) is 37.5 Å². The Labute approximate surface area is 150 Å². The van der Waals surface area contributed by atoms with Gasteiger partial charge in [0, 0.05) is 13.5 Å². The second-order valence-corrected chi connectivity index (χ2v) is 6.16. The van der Waals surface area contributed by atoms with Crippen molar-refractivity contribution in [1.82, 2.24) is 5.32 Å². The lowest BCUT2D eigenvalue weighted by Crippen LogP contribution is -2.66. The van der Waals surface area contributed by atoms with Gasteiger partial charge in [0.15, 0.2) is 6.29 Å². The average molecular weight is 383 g/mol. The molecule has 1 rings (SSSR count). The van der Waals surface area contributed by atoms with Crippen LogP contribution < -0.4 is 16.8 Å². The molecule has 1 amide bonds. The Balaban J connectivity index is 2.96. The molecule has 9 atom stereocenters. The number of carbonyl (C=O) groups is 1. The quantitative estimate of drug-likeness (QED) is 0.182. The third kappa shape index (κ3) is 5.53. The summed E-state index contributed by atoms with van der Waals surface area (Å²) in [7, 11) is 0. The fraction of sp³-hybridized carbons (Fsp3) is 0.929. The van der Waals surface area contributed by atoms with Crippen LogP contribution in [0.3, 0.4) is 0 Å². The molecule has 0 saturated carbocycles. The van der Waals surface area contributed by atoms with E-state index in [1.807, 2.05) is 0 Å². The number of nitrogens with one attached hydrogen (secondary N) is 1. The van der Waals surface area contributed by atoms with Crippen molar-refractivity contribution in [3.8, 4) is 0 Å². The zero-order chi connectivity index (χ0) is 20.0.